The maximum Gasteiger partial charge on any atom is 0.175 e. The molecule has 5 nitrogen and oxygen atoms in total. The molecule has 0 aromatic heterocycles. The number of ether oxygens (including phenoxy) is 1. The van der Waals surface area contributed by atoms with E-state index in [2.05, 4.69) is 10.2 Å². The van der Waals surface area contributed by atoms with Crippen molar-refractivity contribution in [2.75, 3.05) is 37.8 Å². The summed E-state index contributed by atoms with van der Waals surface area (Å²) in [5.41, 5.74) is 0.926. The highest BCUT2D eigenvalue weighted by Crippen LogP contribution is 2.23. The number of nitrogens with one attached hydrogen (secondary N) is 1. The Kier molecular flexibility index (Phi) is 4.19. The fourth-order valence-corrected chi connectivity index (χ4v) is 3.69. The van der Waals surface area contributed by atoms with Gasteiger partial charge in [0.25, 0.3) is 0 Å². The van der Waals surface area contributed by atoms with Crippen LogP contribution in [-0.2, 0) is 14.6 Å². The summed E-state index contributed by atoms with van der Waals surface area (Å²) in [6.07, 6.45) is 3.96. The number of hydrogen-bond acceptors (Lipinski definition) is 5. The van der Waals surface area contributed by atoms with Gasteiger partial charge in [-0.15, -0.1) is 0 Å². The third kappa shape index (κ3) is 3.56. The minimum absolute atomic E-state index is 0.203. The average molecular weight is 310 g/mol. The van der Waals surface area contributed by atoms with Gasteiger partial charge < -0.3 is 10.1 Å². The lowest BCUT2D eigenvalue weighted by atomic mass is 10.2. The maximum absolute atomic E-state index is 11.4. The molecular weight excluding hydrogens is 288 g/mol. The van der Waals surface area contributed by atoms with Crippen LogP contribution in [0.1, 0.15) is 12.8 Å². The Labute approximate surface area is 126 Å². The molecule has 3 rings (SSSR count). The Balaban J connectivity index is 1.53. The molecule has 2 aliphatic heterocycles. The van der Waals surface area contributed by atoms with E-state index in [9.17, 15) is 8.42 Å². The van der Waals surface area contributed by atoms with Crippen molar-refractivity contribution in [1.82, 2.24) is 4.90 Å². The van der Waals surface area contributed by atoms with Crippen molar-refractivity contribution in [3.05, 3.63) is 24.3 Å². The largest absolute Gasteiger partial charge is 0.382 e. The first-order valence-electron chi connectivity index (χ1n) is 7.42. The quantitative estimate of drug-likeness (QED) is 0.910. The molecule has 2 aliphatic rings. The van der Waals surface area contributed by atoms with E-state index < -0.39 is 9.84 Å². The smallest absolute Gasteiger partial charge is 0.175 e. The number of sulfone groups is 1. The second-order valence-electron chi connectivity index (χ2n) is 5.92. The molecule has 116 valence electrons. The molecule has 2 fully saturated rings. The molecule has 0 bridgehead atoms. The Hall–Kier alpha value is -1.11. The second-order valence-corrected chi connectivity index (χ2v) is 7.94. The summed E-state index contributed by atoms with van der Waals surface area (Å²) in [7, 11) is -3.12. The topological polar surface area (TPSA) is 58.6 Å². The standard InChI is InChI=1S/C15H22N2O3S/c1-21(18,19)15-6-4-12(5-7-15)16-9-14-10-17-8-2-3-13(17)11-20-14/h4-7,13-14,16H,2-3,8-11H2,1H3. The third-order valence-corrected chi connectivity index (χ3v) is 5.41. The molecule has 1 N–H and O–H groups in total. The lowest BCUT2D eigenvalue weighted by Crippen LogP contribution is -2.48. The van der Waals surface area contributed by atoms with Crippen LogP contribution in [0.2, 0.25) is 0 Å². The molecule has 0 spiro atoms. The highest BCUT2D eigenvalue weighted by atomic mass is 32.2. The van der Waals surface area contributed by atoms with Gasteiger partial charge in [0.1, 0.15) is 0 Å². The summed E-state index contributed by atoms with van der Waals surface area (Å²) in [6, 6.07) is 7.50. The van der Waals surface area contributed by atoms with Gasteiger partial charge in [-0.05, 0) is 43.7 Å². The number of rotatable bonds is 4. The van der Waals surface area contributed by atoms with Crippen LogP contribution in [0.3, 0.4) is 0 Å². The average Bonchev–Trinajstić information content (AvgIpc) is 2.92. The summed E-state index contributed by atoms with van der Waals surface area (Å²) in [6.45, 7) is 3.76. The number of morpholine rings is 1. The minimum Gasteiger partial charge on any atom is -0.382 e. The van der Waals surface area contributed by atoms with Gasteiger partial charge >= 0.3 is 0 Å². The Morgan fingerprint density at radius 1 is 1.33 bits per heavy atom. The number of anilines is 1. The van der Waals surface area contributed by atoms with Gasteiger partial charge in [-0.3, -0.25) is 4.90 Å². The van der Waals surface area contributed by atoms with Gasteiger partial charge in [-0.25, -0.2) is 8.42 Å². The first-order chi connectivity index (χ1) is 10.0. The van der Waals surface area contributed by atoms with Crippen molar-refractivity contribution in [2.24, 2.45) is 0 Å². The molecule has 0 amide bonds. The highest BCUT2D eigenvalue weighted by Gasteiger charge is 2.31. The van der Waals surface area contributed by atoms with Crippen LogP contribution in [0.4, 0.5) is 5.69 Å². The molecule has 2 atom stereocenters. The van der Waals surface area contributed by atoms with E-state index in [1.165, 1.54) is 25.6 Å². The van der Waals surface area contributed by atoms with E-state index in [-0.39, 0.29) is 6.10 Å². The molecule has 0 radical (unpaired) electrons. The summed E-state index contributed by atoms with van der Waals surface area (Å²) in [4.78, 5) is 2.87. The molecule has 0 aliphatic carbocycles. The summed E-state index contributed by atoms with van der Waals surface area (Å²) < 4.78 is 28.7. The monoisotopic (exact) mass is 310 g/mol. The SMILES string of the molecule is CS(=O)(=O)c1ccc(NCC2CN3CCCC3CO2)cc1. The van der Waals surface area contributed by atoms with E-state index in [0.29, 0.717) is 10.9 Å². The van der Waals surface area contributed by atoms with Crippen LogP contribution in [0.25, 0.3) is 0 Å². The van der Waals surface area contributed by atoms with Gasteiger partial charge in [0.2, 0.25) is 0 Å². The summed E-state index contributed by atoms with van der Waals surface area (Å²) >= 11 is 0. The van der Waals surface area contributed by atoms with Gasteiger partial charge in [0.15, 0.2) is 9.84 Å². The van der Waals surface area contributed by atoms with Gasteiger partial charge in [-0.1, -0.05) is 0 Å². The molecule has 2 heterocycles. The van der Waals surface area contributed by atoms with Crippen molar-refractivity contribution in [2.45, 2.75) is 29.9 Å². The zero-order valence-electron chi connectivity index (χ0n) is 12.3. The molecule has 21 heavy (non-hydrogen) atoms. The van der Waals surface area contributed by atoms with Crippen molar-refractivity contribution in [3.63, 3.8) is 0 Å². The second kappa shape index (κ2) is 5.94. The molecule has 2 unspecified atom stereocenters. The zero-order valence-corrected chi connectivity index (χ0v) is 13.1. The van der Waals surface area contributed by atoms with Crippen molar-refractivity contribution < 1.29 is 13.2 Å². The predicted molar refractivity (Wildman–Crippen MR) is 82.4 cm³/mol. The molecule has 1 aromatic carbocycles. The van der Waals surface area contributed by atoms with Crippen LogP contribution >= 0.6 is 0 Å². The van der Waals surface area contributed by atoms with E-state index in [0.717, 1.165) is 25.4 Å². The van der Waals surface area contributed by atoms with Gasteiger partial charge in [-0.2, -0.15) is 0 Å². The Bertz CT molecular complexity index is 585. The van der Waals surface area contributed by atoms with Crippen LogP contribution < -0.4 is 5.32 Å². The molecule has 6 heteroatoms. The third-order valence-electron chi connectivity index (χ3n) is 4.28. The zero-order chi connectivity index (χ0) is 14.9. The molecular formula is C15H22N2O3S. The lowest BCUT2D eigenvalue weighted by Gasteiger charge is -2.35. The summed E-state index contributed by atoms with van der Waals surface area (Å²) in [5, 5.41) is 3.33. The number of nitrogens with zero attached hydrogens (tertiary/aromatic N) is 1. The predicted octanol–water partition coefficient (Wildman–Crippen LogP) is 1.37. The number of fused-ring (bicyclic) bond motifs is 1. The fourth-order valence-electron chi connectivity index (χ4n) is 3.06. The van der Waals surface area contributed by atoms with Crippen LogP contribution in [0.15, 0.2) is 29.2 Å². The van der Waals surface area contributed by atoms with E-state index in [4.69, 9.17) is 4.74 Å². The maximum atomic E-state index is 11.4. The number of hydrogen-bond donors (Lipinski definition) is 1. The molecule has 2 saturated heterocycles. The van der Waals surface area contributed by atoms with E-state index in [1.54, 1.807) is 24.3 Å². The highest BCUT2D eigenvalue weighted by molar-refractivity contribution is 7.90. The lowest BCUT2D eigenvalue weighted by molar-refractivity contribution is -0.0415. The van der Waals surface area contributed by atoms with Crippen molar-refractivity contribution >= 4 is 15.5 Å². The first kappa shape index (κ1) is 14.8. The van der Waals surface area contributed by atoms with Gasteiger partial charge in [0, 0.05) is 31.1 Å². The Morgan fingerprint density at radius 3 is 2.81 bits per heavy atom. The minimum atomic E-state index is -3.12. The molecule has 1 aromatic rings. The van der Waals surface area contributed by atoms with Crippen LogP contribution in [0, 0.1) is 0 Å². The normalized spacial score (nSPS) is 26.5. The van der Waals surface area contributed by atoms with E-state index in [1.807, 2.05) is 0 Å². The summed E-state index contributed by atoms with van der Waals surface area (Å²) in [5.74, 6) is 0. The first-order valence-corrected chi connectivity index (χ1v) is 9.31. The van der Waals surface area contributed by atoms with Crippen LogP contribution in [0.5, 0.6) is 0 Å². The Morgan fingerprint density at radius 2 is 2.10 bits per heavy atom. The molecule has 0 saturated carbocycles. The van der Waals surface area contributed by atoms with E-state index >= 15 is 0 Å². The van der Waals surface area contributed by atoms with Crippen molar-refractivity contribution in [1.29, 1.82) is 0 Å². The number of benzene rings is 1. The van der Waals surface area contributed by atoms with Crippen molar-refractivity contribution in [3.8, 4) is 0 Å². The fraction of sp³-hybridized carbons (Fsp3) is 0.600. The van der Waals surface area contributed by atoms with Crippen LogP contribution in [-0.4, -0.2) is 58.0 Å². The van der Waals surface area contributed by atoms with Gasteiger partial charge in [0.05, 0.1) is 17.6 Å².